The summed E-state index contributed by atoms with van der Waals surface area (Å²) in [5, 5.41) is 3.48. The lowest BCUT2D eigenvalue weighted by molar-refractivity contribution is 0.0606. The highest BCUT2D eigenvalue weighted by molar-refractivity contribution is 7.17. The molecular weight excluding hydrogens is 288 g/mol. The van der Waals surface area contributed by atoms with Crippen molar-refractivity contribution in [3.63, 3.8) is 0 Å². The number of hydrogen-bond acceptors (Lipinski definition) is 5. The number of benzene rings is 1. The topological polar surface area (TPSA) is 68.3 Å². The van der Waals surface area contributed by atoms with Crippen molar-refractivity contribution in [1.29, 1.82) is 0 Å². The summed E-state index contributed by atoms with van der Waals surface area (Å²) in [5.74, 6) is -0.799. The molecule has 0 radical (unpaired) electrons. The number of nitrogens with zero attached hydrogens (tertiary/aromatic N) is 1. The van der Waals surface area contributed by atoms with Crippen molar-refractivity contribution >= 4 is 39.9 Å². The number of halogens is 1. The van der Waals surface area contributed by atoms with Crippen molar-refractivity contribution in [3.8, 4) is 0 Å². The van der Waals surface area contributed by atoms with Gasteiger partial charge in [-0.05, 0) is 24.3 Å². The molecule has 0 aliphatic heterocycles. The molecule has 1 amide bonds. The van der Waals surface area contributed by atoms with E-state index in [1.807, 2.05) is 0 Å². The third kappa shape index (κ3) is 3.30. The van der Waals surface area contributed by atoms with Gasteiger partial charge in [-0.2, -0.15) is 0 Å². The molecule has 1 N–H and O–H groups in total. The average molecular weight is 297 g/mol. The zero-order chi connectivity index (χ0) is 13.8. The Bertz CT molecular complexity index is 610. The number of hydrogen-bond donors (Lipinski definition) is 1. The van der Waals surface area contributed by atoms with Crippen molar-refractivity contribution in [1.82, 2.24) is 4.98 Å². The van der Waals surface area contributed by atoms with E-state index in [0.29, 0.717) is 20.6 Å². The van der Waals surface area contributed by atoms with E-state index in [0.717, 1.165) is 11.3 Å². The number of amides is 1. The first-order valence-electron chi connectivity index (χ1n) is 5.21. The van der Waals surface area contributed by atoms with Crippen LogP contribution < -0.4 is 5.32 Å². The van der Waals surface area contributed by atoms with Gasteiger partial charge in [0.15, 0.2) is 5.13 Å². The van der Waals surface area contributed by atoms with Crippen molar-refractivity contribution in [2.75, 3.05) is 12.4 Å². The number of carbonyl (C=O) groups excluding carboxylic acids is 2. The van der Waals surface area contributed by atoms with Gasteiger partial charge < -0.3 is 4.74 Å². The Morgan fingerprint density at radius 2 is 2.00 bits per heavy atom. The van der Waals surface area contributed by atoms with Crippen LogP contribution >= 0.6 is 22.9 Å². The Morgan fingerprint density at radius 1 is 1.32 bits per heavy atom. The lowest BCUT2D eigenvalue weighted by Crippen LogP contribution is -2.11. The van der Waals surface area contributed by atoms with Crippen LogP contribution in [0, 0.1) is 0 Å². The van der Waals surface area contributed by atoms with Gasteiger partial charge in [-0.3, -0.25) is 10.1 Å². The lowest BCUT2D eigenvalue weighted by Gasteiger charge is -2.01. The van der Waals surface area contributed by atoms with E-state index < -0.39 is 5.97 Å². The summed E-state index contributed by atoms with van der Waals surface area (Å²) in [6.45, 7) is 0. The summed E-state index contributed by atoms with van der Waals surface area (Å²) >= 11 is 6.79. The van der Waals surface area contributed by atoms with Gasteiger partial charge in [0.05, 0.1) is 13.3 Å². The first-order valence-corrected chi connectivity index (χ1v) is 6.40. The average Bonchev–Trinajstić information content (AvgIpc) is 2.87. The number of aromatic nitrogens is 1. The number of anilines is 1. The fourth-order valence-electron chi connectivity index (χ4n) is 1.30. The maximum Gasteiger partial charge on any atom is 0.349 e. The van der Waals surface area contributed by atoms with Gasteiger partial charge in [0.25, 0.3) is 5.91 Å². The molecule has 0 saturated heterocycles. The standard InChI is InChI=1S/C12H9ClN2O3S/c1-18-11(17)9-6-14-12(19-9)15-10(16)7-2-4-8(13)5-3-7/h2-6H,1H3,(H,14,15,16). The van der Waals surface area contributed by atoms with Crippen LogP contribution in [0.5, 0.6) is 0 Å². The highest BCUT2D eigenvalue weighted by Gasteiger charge is 2.13. The van der Waals surface area contributed by atoms with Crippen LogP contribution in [-0.2, 0) is 4.74 Å². The molecule has 0 bridgehead atoms. The summed E-state index contributed by atoms with van der Waals surface area (Å²) < 4.78 is 4.56. The fourth-order valence-corrected chi connectivity index (χ4v) is 2.15. The monoisotopic (exact) mass is 296 g/mol. The first-order chi connectivity index (χ1) is 9.10. The predicted octanol–water partition coefficient (Wildman–Crippen LogP) is 2.84. The molecule has 1 heterocycles. The summed E-state index contributed by atoms with van der Waals surface area (Å²) in [5.41, 5.74) is 0.458. The Balaban J connectivity index is 2.08. The van der Waals surface area contributed by atoms with Gasteiger partial charge in [-0.1, -0.05) is 22.9 Å². The first kappa shape index (κ1) is 13.5. The largest absolute Gasteiger partial charge is 0.465 e. The number of thiazole rings is 1. The molecule has 19 heavy (non-hydrogen) atoms. The molecule has 0 aliphatic carbocycles. The van der Waals surface area contributed by atoms with Gasteiger partial charge >= 0.3 is 5.97 Å². The summed E-state index contributed by atoms with van der Waals surface area (Å²) in [6, 6.07) is 6.45. The molecule has 0 atom stereocenters. The van der Waals surface area contributed by atoms with Crippen LogP contribution in [0.1, 0.15) is 20.0 Å². The Hall–Kier alpha value is -1.92. The number of ether oxygens (including phenoxy) is 1. The number of nitrogens with one attached hydrogen (secondary N) is 1. The van der Waals surface area contributed by atoms with Crippen molar-refractivity contribution in [2.24, 2.45) is 0 Å². The zero-order valence-corrected chi connectivity index (χ0v) is 11.4. The van der Waals surface area contributed by atoms with E-state index >= 15 is 0 Å². The van der Waals surface area contributed by atoms with Gasteiger partial charge in [0, 0.05) is 10.6 Å². The molecule has 0 unspecified atom stereocenters. The smallest absolute Gasteiger partial charge is 0.349 e. The molecule has 5 nitrogen and oxygen atoms in total. The molecule has 1 aromatic heterocycles. The third-order valence-corrected chi connectivity index (χ3v) is 3.36. The minimum Gasteiger partial charge on any atom is -0.465 e. The van der Waals surface area contributed by atoms with E-state index in [-0.39, 0.29) is 5.91 Å². The van der Waals surface area contributed by atoms with E-state index in [9.17, 15) is 9.59 Å². The lowest BCUT2D eigenvalue weighted by atomic mass is 10.2. The molecule has 0 fully saturated rings. The van der Waals surface area contributed by atoms with Crippen molar-refractivity contribution in [3.05, 3.63) is 45.9 Å². The van der Waals surface area contributed by atoms with Gasteiger partial charge in [0.2, 0.25) is 0 Å². The highest BCUT2D eigenvalue weighted by Crippen LogP contribution is 2.19. The minimum absolute atomic E-state index is 0.317. The summed E-state index contributed by atoms with van der Waals surface area (Å²) in [7, 11) is 1.29. The number of rotatable bonds is 3. The van der Waals surface area contributed by atoms with Crippen LogP contribution in [0.4, 0.5) is 5.13 Å². The normalized spacial score (nSPS) is 10.0. The second-order valence-electron chi connectivity index (χ2n) is 3.48. The van der Waals surface area contributed by atoms with Crippen LogP contribution in [0.15, 0.2) is 30.5 Å². The maximum absolute atomic E-state index is 11.9. The van der Waals surface area contributed by atoms with E-state index in [1.54, 1.807) is 24.3 Å². The SMILES string of the molecule is COC(=O)c1cnc(NC(=O)c2ccc(Cl)cc2)s1. The van der Waals surface area contributed by atoms with Crippen LogP contribution in [0.25, 0.3) is 0 Å². The quantitative estimate of drug-likeness (QED) is 0.884. The molecule has 2 rings (SSSR count). The predicted molar refractivity (Wildman–Crippen MR) is 72.9 cm³/mol. The Kier molecular flexibility index (Phi) is 4.13. The number of methoxy groups -OCH3 is 1. The summed E-state index contributed by atoms with van der Waals surface area (Å²) in [6.07, 6.45) is 1.36. The highest BCUT2D eigenvalue weighted by atomic mass is 35.5. The third-order valence-electron chi connectivity index (χ3n) is 2.22. The van der Waals surface area contributed by atoms with E-state index in [1.165, 1.54) is 13.3 Å². The maximum atomic E-state index is 11.9. The fraction of sp³-hybridized carbons (Fsp3) is 0.0833. The van der Waals surface area contributed by atoms with Crippen molar-refractivity contribution in [2.45, 2.75) is 0 Å². The molecule has 0 spiro atoms. The van der Waals surface area contributed by atoms with Gasteiger partial charge in [0.1, 0.15) is 4.88 Å². The van der Waals surface area contributed by atoms with Crippen LogP contribution in [0.2, 0.25) is 5.02 Å². The minimum atomic E-state index is -0.482. The van der Waals surface area contributed by atoms with Gasteiger partial charge in [-0.25, -0.2) is 9.78 Å². The Morgan fingerprint density at radius 3 is 2.63 bits per heavy atom. The zero-order valence-electron chi connectivity index (χ0n) is 9.84. The van der Waals surface area contributed by atoms with E-state index in [4.69, 9.17) is 11.6 Å². The molecule has 7 heteroatoms. The summed E-state index contributed by atoms with van der Waals surface area (Å²) in [4.78, 5) is 27.4. The number of esters is 1. The second-order valence-corrected chi connectivity index (χ2v) is 4.95. The molecule has 2 aromatic rings. The molecule has 1 aromatic carbocycles. The molecule has 98 valence electrons. The molecular formula is C12H9ClN2O3S. The van der Waals surface area contributed by atoms with E-state index in [2.05, 4.69) is 15.0 Å². The number of carbonyl (C=O) groups is 2. The molecule has 0 saturated carbocycles. The van der Waals surface area contributed by atoms with Crippen molar-refractivity contribution < 1.29 is 14.3 Å². The van der Waals surface area contributed by atoms with Crippen LogP contribution in [0.3, 0.4) is 0 Å². The Labute approximate surface area is 118 Å². The van der Waals surface area contributed by atoms with Gasteiger partial charge in [-0.15, -0.1) is 0 Å². The molecule has 0 aliphatic rings. The second kappa shape index (κ2) is 5.81. The van der Waals surface area contributed by atoms with Crippen LogP contribution in [-0.4, -0.2) is 24.0 Å².